The maximum atomic E-state index is 11.3. The van der Waals surface area contributed by atoms with Crippen molar-refractivity contribution in [2.45, 2.75) is 45.6 Å². The van der Waals surface area contributed by atoms with E-state index < -0.39 is 9.05 Å². The highest BCUT2D eigenvalue weighted by Crippen LogP contribution is 2.40. The Bertz CT molecular complexity index is 336. The molecule has 0 spiro atoms. The predicted molar refractivity (Wildman–Crippen MR) is 72.4 cm³/mol. The van der Waals surface area contributed by atoms with Crippen molar-refractivity contribution in [1.82, 2.24) is 0 Å². The van der Waals surface area contributed by atoms with Gasteiger partial charge in [-0.3, -0.25) is 0 Å². The molecule has 1 aliphatic carbocycles. The minimum atomic E-state index is -3.47. The fourth-order valence-electron chi connectivity index (χ4n) is 2.47. The van der Waals surface area contributed by atoms with Gasteiger partial charge >= 0.3 is 0 Å². The molecule has 1 rings (SSSR count). The largest absolute Gasteiger partial charge is 0.379 e. The molecule has 0 N–H and O–H groups in total. The second kappa shape index (κ2) is 7.08. The van der Waals surface area contributed by atoms with E-state index in [4.69, 9.17) is 20.2 Å². The summed E-state index contributed by atoms with van der Waals surface area (Å²) in [6, 6.07) is 0. The maximum absolute atomic E-state index is 11.3. The van der Waals surface area contributed by atoms with Crippen LogP contribution in [0, 0.1) is 5.41 Å². The van der Waals surface area contributed by atoms with E-state index in [9.17, 15) is 8.42 Å². The van der Waals surface area contributed by atoms with E-state index in [-0.39, 0.29) is 17.3 Å². The van der Waals surface area contributed by atoms with Gasteiger partial charge in [-0.05, 0) is 26.7 Å². The van der Waals surface area contributed by atoms with Crippen molar-refractivity contribution in [2.75, 3.05) is 25.6 Å². The quantitative estimate of drug-likeness (QED) is 0.646. The van der Waals surface area contributed by atoms with Gasteiger partial charge in [-0.1, -0.05) is 12.8 Å². The molecule has 108 valence electrons. The molecule has 1 atom stereocenters. The van der Waals surface area contributed by atoms with Gasteiger partial charge in [0.25, 0.3) is 0 Å². The molecule has 1 unspecified atom stereocenters. The molecule has 0 heterocycles. The molecule has 18 heavy (non-hydrogen) atoms. The van der Waals surface area contributed by atoms with Gasteiger partial charge < -0.3 is 9.47 Å². The van der Waals surface area contributed by atoms with Crippen molar-refractivity contribution in [3.05, 3.63) is 0 Å². The summed E-state index contributed by atoms with van der Waals surface area (Å²) in [6.45, 7) is 5.53. The fourth-order valence-corrected chi connectivity index (χ4v) is 4.27. The Morgan fingerprint density at radius 1 is 1.33 bits per heavy atom. The molecule has 1 fully saturated rings. The third-order valence-electron chi connectivity index (χ3n) is 3.37. The molecule has 0 saturated heterocycles. The number of rotatable bonds is 8. The lowest BCUT2D eigenvalue weighted by atomic mass is 9.90. The molecule has 1 saturated carbocycles. The molecule has 0 aromatic heterocycles. The van der Waals surface area contributed by atoms with Crippen molar-refractivity contribution in [3.63, 3.8) is 0 Å². The fraction of sp³-hybridized carbons (Fsp3) is 1.00. The average molecular weight is 299 g/mol. The Kier molecular flexibility index (Phi) is 6.38. The molecule has 6 heteroatoms. The van der Waals surface area contributed by atoms with Gasteiger partial charge in [0.15, 0.2) is 0 Å². The first-order valence-electron chi connectivity index (χ1n) is 6.48. The minimum Gasteiger partial charge on any atom is -0.379 e. The van der Waals surface area contributed by atoms with Crippen LogP contribution in [0.1, 0.15) is 39.5 Å². The van der Waals surface area contributed by atoms with Crippen LogP contribution in [0.4, 0.5) is 0 Å². The summed E-state index contributed by atoms with van der Waals surface area (Å²) in [5, 5.41) is 0. The van der Waals surface area contributed by atoms with Crippen LogP contribution in [-0.2, 0) is 18.5 Å². The molecule has 0 aromatic carbocycles. The number of ether oxygens (including phenoxy) is 2. The van der Waals surface area contributed by atoms with Crippen LogP contribution in [0.2, 0.25) is 0 Å². The zero-order valence-electron chi connectivity index (χ0n) is 11.2. The number of hydrogen-bond donors (Lipinski definition) is 0. The third-order valence-corrected chi connectivity index (χ3v) is 4.66. The van der Waals surface area contributed by atoms with Crippen LogP contribution < -0.4 is 0 Å². The Morgan fingerprint density at radius 2 is 1.94 bits per heavy atom. The van der Waals surface area contributed by atoms with Gasteiger partial charge in [0.2, 0.25) is 9.05 Å². The molecule has 0 bridgehead atoms. The molecule has 0 amide bonds. The van der Waals surface area contributed by atoms with E-state index in [1.807, 2.05) is 13.8 Å². The summed E-state index contributed by atoms with van der Waals surface area (Å²) < 4.78 is 33.6. The van der Waals surface area contributed by atoms with E-state index in [0.29, 0.717) is 19.8 Å². The smallest absolute Gasteiger partial charge is 0.233 e. The first-order valence-corrected chi connectivity index (χ1v) is 8.96. The van der Waals surface area contributed by atoms with Gasteiger partial charge in [-0.15, -0.1) is 0 Å². The van der Waals surface area contributed by atoms with E-state index in [1.54, 1.807) is 0 Å². The highest BCUT2D eigenvalue weighted by Gasteiger charge is 2.38. The molecule has 1 aliphatic rings. The van der Waals surface area contributed by atoms with E-state index in [0.717, 1.165) is 25.7 Å². The highest BCUT2D eigenvalue weighted by atomic mass is 35.7. The highest BCUT2D eigenvalue weighted by molar-refractivity contribution is 8.13. The van der Waals surface area contributed by atoms with Gasteiger partial charge in [0, 0.05) is 22.7 Å². The van der Waals surface area contributed by atoms with Crippen LogP contribution in [-0.4, -0.2) is 40.1 Å². The van der Waals surface area contributed by atoms with Crippen molar-refractivity contribution in [2.24, 2.45) is 5.41 Å². The lowest BCUT2D eigenvalue weighted by Crippen LogP contribution is -2.33. The summed E-state index contributed by atoms with van der Waals surface area (Å²) in [5.41, 5.74) is -0.291. The normalized spacial score (nSPS) is 21.1. The summed E-state index contributed by atoms with van der Waals surface area (Å²) in [4.78, 5) is 0. The van der Waals surface area contributed by atoms with Crippen molar-refractivity contribution >= 4 is 19.7 Å². The van der Waals surface area contributed by atoms with Crippen molar-refractivity contribution < 1.29 is 17.9 Å². The zero-order valence-corrected chi connectivity index (χ0v) is 12.7. The van der Waals surface area contributed by atoms with Crippen molar-refractivity contribution in [1.29, 1.82) is 0 Å². The van der Waals surface area contributed by atoms with Crippen LogP contribution in [0.3, 0.4) is 0 Å². The Labute approximate surface area is 114 Å². The summed E-state index contributed by atoms with van der Waals surface area (Å²) >= 11 is 0. The monoisotopic (exact) mass is 298 g/mol. The topological polar surface area (TPSA) is 52.6 Å². The molecule has 0 aromatic rings. The molecule has 0 radical (unpaired) electrons. The third kappa shape index (κ3) is 5.87. The lowest BCUT2D eigenvalue weighted by molar-refractivity contribution is -0.0348. The molecule has 0 aliphatic heterocycles. The Hall–Kier alpha value is 0.160. The number of hydrogen-bond acceptors (Lipinski definition) is 4. The van der Waals surface area contributed by atoms with Crippen LogP contribution >= 0.6 is 10.7 Å². The Balaban J connectivity index is 2.48. The summed E-state index contributed by atoms with van der Waals surface area (Å²) in [5.74, 6) is 0.0168. The zero-order chi connectivity index (χ0) is 13.6. The second-order valence-corrected chi connectivity index (χ2v) is 7.95. The van der Waals surface area contributed by atoms with E-state index in [2.05, 4.69) is 0 Å². The van der Waals surface area contributed by atoms with Gasteiger partial charge in [-0.25, -0.2) is 8.42 Å². The molecular formula is C12H23ClO4S. The van der Waals surface area contributed by atoms with E-state index >= 15 is 0 Å². The standard InChI is InChI=1S/C12H23ClO4S/c1-3-16-8-11(2)17-9-12(6-4-5-7-12)10-18(13,14)15/h11H,3-10H2,1-2H3. The SMILES string of the molecule is CCOCC(C)OCC1(CS(=O)(=O)Cl)CCCC1. The van der Waals surface area contributed by atoms with E-state index in [1.165, 1.54) is 0 Å². The molecular weight excluding hydrogens is 276 g/mol. The summed E-state index contributed by atoms with van der Waals surface area (Å²) in [7, 11) is 1.92. The first kappa shape index (κ1) is 16.2. The van der Waals surface area contributed by atoms with Crippen LogP contribution in [0.5, 0.6) is 0 Å². The predicted octanol–water partition coefficient (Wildman–Crippen LogP) is 2.56. The van der Waals surface area contributed by atoms with Gasteiger partial charge in [-0.2, -0.15) is 0 Å². The Morgan fingerprint density at radius 3 is 2.44 bits per heavy atom. The van der Waals surface area contributed by atoms with Crippen LogP contribution in [0.25, 0.3) is 0 Å². The lowest BCUT2D eigenvalue weighted by Gasteiger charge is -2.28. The van der Waals surface area contributed by atoms with Crippen molar-refractivity contribution in [3.8, 4) is 0 Å². The average Bonchev–Trinajstić information content (AvgIpc) is 2.70. The van der Waals surface area contributed by atoms with Gasteiger partial charge in [0.05, 0.1) is 25.1 Å². The molecule has 4 nitrogen and oxygen atoms in total. The van der Waals surface area contributed by atoms with Gasteiger partial charge in [0.1, 0.15) is 0 Å². The maximum Gasteiger partial charge on any atom is 0.233 e. The second-order valence-electron chi connectivity index (χ2n) is 5.17. The minimum absolute atomic E-state index is 0.0135. The number of halogens is 1. The first-order chi connectivity index (χ1) is 8.37. The summed E-state index contributed by atoms with van der Waals surface area (Å²) in [6.07, 6.45) is 3.84. The van der Waals surface area contributed by atoms with Crippen LogP contribution in [0.15, 0.2) is 0 Å².